The fraction of sp³-hybridized carbons (Fsp3) is 0.118. The lowest BCUT2D eigenvalue weighted by Gasteiger charge is -2.06. The molecule has 2 aromatic heterocycles. The Morgan fingerprint density at radius 3 is 2.50 bits per heavy atom. The van der Waals surface area contributed by atoms with Gasteiger partial charge in [-0.05, 0) is 36.8 Å². The Balaban J connectivity index is 1.54. The highest BCUT2D eigenvalue weighted by Crippen LogP contribution is 2.12. The van der Waals surface area contributed by atoms with E-state index in [1.807, 2.05) is 12.1 Å². The average molecular weight is 325 g/mol. The summed E-state index contributed by atoms with van der Waals surface area (Å²) in [6, 6.07) is 11.9. The first-order chi connectivity index (χ1) is 11.6. The summed E-state index contributed by atoms with van der Waals surface area (Å²) in [5.74, 6) is -0.226. The number of amides is 2. The lowest BCUT2D eigenvalue weighted by atomic mass is 10.2. The second-order valence-corrected chi connectivity index (χ2v) is 5.14. The van der Waals surface area contributed by atoms with Crippen molar-refractivity contribution in [1.82, 2.24) is 10.5 Å². The van der Waals surface area contributed by atoms with E-state index >= 15 is 0 Å². The number of hydrogen-bond donors (Lipinski definition) is 2. The van der Waals surface area contributed by atoms with E-state index in [4.69, 9.17) is 8.94 Å². The number of rotatable bonds is 5. The van der Waals surface area contributed by atoms with Crippen molar-refractivity contribution in [3.63, 3.8) is 0 Å². The van der Waals surface area contributed by atoms with Gasteiger partial charge in [0.05, 0.1) is 12.0 Å². The molecule has 3 rings (SSSR count). The summed E-state index contributed by atoms with van der Waals surface area (Å²) in [5.41, 5.74) is 2.17. The molecule has 0 saturated carbocycles. The van der Waals surface area contributed by atoms with Gasteiger partial charge in [-0.15, -0.1) is 0 Å². The normalized spacial score (nSPS) is 10.4. The first kappa shape index (κ1) is 15.5. The maximum atomic E-state index is 11.9. The molecule has 7 nitrogen and oxygen atoms in total. The maximum absolute atomic E-state index is 11.9. The highest BCUT2D eigenvalue weighted by atomic mass is 16.5. The van der Waals surface area contributed by atoms with E-state index in [0.29, 0.717) is 17.9 Å². The summed E-state index contributed by atoms with van der Waals surface area (Å²) < 4.78 is 9.92. The number of anilines is 1. The smallest absolute Gasteiger partial charge is 0.291 e. The number of furan rings is 1. The molecule has 0 unspecified atom stereocenters. The van der Waals surface area contributed by atoms with Crippen LogP contribution in [0.3, 0.4) is 0 Å². The number of nitrogens with zero attached hydrogens (tertiary/aromatic N) is 1. The molecule has 24 heavy (non-hydrogen) atoms. The molecule has 7 heteroatoms. The Morgan fingerprint density at radius 1 is 1.08 bits per heavy atom. The van der Waals surface area contributed by atoms with Crippen molar-refractivity contribution in [3.8, 4) is 0 Å². The monoisotopic (exact) mass is 325 g/mol. The Bertz CT molecular complexity index is 835. The van der Waals surface area contributed by atoms with Gasteiger partial charge in [0.2, 0.25) is 5.76 Å². The van der Waals surface area contributed by atoms with Crippen LogP contribution in [0.1, 0.15) is 32.4 Å². The van der Waals surface area contributed by atoms with Crippen molar-refractivity contribution < 1.29 is 18.5 Å². The molecule has 0 saturated heterocycles. The highest BCUT2D eigenvalue weighted by Gasteiger charge is 2.11. The Hall–Kier alpha value is -3.35. The lowest BCUT2D eigenvalue weighted by Crippen LogP contribution is -2.22. The van der Waals surface area contributed by atoms with E-state index in [-0.39, 0.29) is 23.3 Å². The molecular formula is C17H15N3O4. The molecule has 1 aromatic carbocycles. The molecule has 0 radical (unpaired) electrons. The van der Waals surface area contributed by atoms with Crippen LogP contribution >= 0.6 is 0 Å². The van der Waals surface area contributed by atoms with Crippen molar-refractivity contribution >= 4 is 17.5 Å². The van der Waals surface area contributed by atoms with E-state index in [2.05, 4.69) is 15.8 Å². The molecule has 0 aliphatic heterocycles. The average Bonchev–Trinajstić information content (AvgIpc) is 3.25. The van der Waals surface area contributed by atoms with Crippen LogP contribution in [-0.2, 0) is 6.54 Å². The van der Waals surface area contributed by atoms with Gasteiger partial charge in [0.25, 0.3) is 11.8 Å². The minimum absolute atomic E-state index is 0.176. The third-order valence-electron chi connectivity index (χ3n) is 3.26. The molecule has 0 spiro atoms. The van der Waals surface area contributed by atoms with Crippen molar-refractivity contribution in [3.05, 3.63) is 71.5 Å². The number of aromatic nitrogens is 1. The van der Waals surface area contributed by atoms with E-state index in [0.717, 1.165) is 5.56 Å². The van der Waals surface area contributed by atoms with Gasteiger partial charge in [-0.2, -0.15) is 0 Å². The zero-order chi connectivity index (χ0) is 16.9. The topological polar surface area (TPSA) is 97.4 Å². The zero-order valence-corrected chi connectivity index (χ0v) is 12.9. The van der Waals surface area contributed by atoms with E-state index in [1.165, 1.54) is 6.26 Å². The largest absolute Gasteiger partial charge is 0.459 e. The second kappa shape index (κ2) is 6.82. The summed E-state index contributed by atoms with van der Waals surface area (Å²) in [6.07, 6.45) is 1.44. The van der Waals surface area contributed by atoms with Gasteiger partial charge in [0.15, 0.2) is 5.76 Å². The zero-order valence-electron chi connectivity index (χ0n) is 12.9. The summed E-state index contributed by atoms with van der Waals surface area (Å²) in [6.45, 7) is 2.08. The molecule has 0 fully saturated rings. The molecule has 0 bridgehead atoms. The van der Waals surface area contributed by atoms with Gasteiger partial charge in [0, 0.05) is 18.3 Å². The first-order valence-corrected chi connectivity index (χ1v) is 7.27. The molecule has 0 aliphatic rings. The number of benzene rings is 1. The van der Waals surface area contributed by atoms with Gasteiger partial charge >= 0.3 is 0 Å². The lowest BCUT2D eigenvalue weighted by molar-refractivity contribution is 0.0913. The third kappa shape index (κ3) is 3.70. The highest BCUT2D eigenvalue weighted by molar-refractivity contribution is 6.02. The summed E-state index contributed by atoms with van der Waals surface area (Å²) >= 11 is 0. The van der Waals surface area contributed by atoms with Crippen LogP contribution in [0.2, 0.25) is 0 Å². The van der Waals surface area contributed by atoms with E-state index in [9.17, 15) is 9.59 Å². The van der Waals surface area contributed by atoms with Gasteiger partial charge in [-0.3, -0.25) is 9.59 Å². The molecule has 2 heterocycles. The molecule has 3 aromatic rings. The summed E-state index contributed by atoms with van der Waals surface area (Å²) in [5, 5.41) is 9.13. The fourth-order valence-electron chi connectivity index (χ4n) is 2.05. The van der Waals surface area contributed by atoms with E-state index < -0.39 is 0 Å². The summed E-state index contributed by atoms with van der Waals surface area (Å²) in [4.78, 5) is 23.7. The molecule has 2 amide bonds. The Morgan fingerprint density at radius 2 is 1.88 bits per heavy atom. The minimum Gasteiger partial charge on any atom is -0.459 e. The van der Waals surface area contributed by atoms with Crippen LogP contribution in [0.4, 0.5) is 5.69 Å². The van der Waals surface area contributed by atoms with Crippen molar-refractivity contribution in [2.75, 3.05) is 5.32 Å². The third-order valence-corrected chi connectivity index (χ3v) is 3.26. The number of carbonyl (C=O) groups is 2. The maximum Gasteiger partial charge on any atom is 0.291 e. The van der Waals surface area contributed by atoms with Gasteiger partial charge in [0.1, 0.15) is 0 Å². The van der Waals surface area contributed by atoms with E-state index in [1.54, 1.807) is 37.3 Å². The van der Waals surface area contributed by atoms with Crippen LogP contribution < -0.4 is 10.6 Å². The number of carbonyl (C=O) groups excluding carboxylic acids is 2. The Labute approximate surface area is 137 Å². The number of nitrogens with one attached hydrogen (secondary N) is 2. The predicted octanol–water partition coefficient (Wildman–Crippen LogP) is 2.76. The van der Waals surface area contributed by atoms with Crippen molar-refractivity contribution in [1.29, 1.82) is 0 Å². The van der Waals surface area contributed by atoms with Gasteiger partial charge in [-0.25, -0.2) is 0 Å². The SMILES string of the molecule is Cc1cc(C(=O)NCc2ccc(NC(=O)c3ccco3)cc2)on1. The van der Waals surface area contributed by atoms with Crippen LogP contribution in [0.15, 0.2) is 57.7 Å². The quantitative estimate of drug-likeness (QED) is 0.752. The van der Waals surface area contributed by atoms with Crippen LogP contribution in [0.25, 0.3) is 0 Å². The van der Waals surface area contributed by atoms with Crippen LogP contribution in [0.5, 0.6) is 0 Å². The van der Waals surface area contributed by atoms with Crippen molar-refractivity contribution in [2.24, 2.45) is 0 Å². The number of aryl methyl sites for hydroxylation is 1. The molecular weight excluding hydrogens is 310 g/mol. The Kier molecular flexibility index (Phi) is 4.42. The standard InChI is InChI=1S/C17H15N3O4/c1-11-9-15(24-20-11)16(21)18-10-12-4-6-13(7-5-12)19-17(22)14-3-2-8-23-14/h2-9H,10H2,1H3,(H,18,21)(H,19,22). The molecule has 0 atom stereocenters. The molecule has 122 valence electrons. The summed E-state index contributed by atoms with van der Waals surface area (Å²) in [7, 11) is 0. The molecule has 2 N–H and O–H groups in total. The van der Waals surface area contributed by atoms with Crippen LogP contribution in [-0.4, -0.2) is 17.0 Å². The first-order valence-electron chi connectivity index (χ1n) is 7.27. The predicted molar refractivity (Wildman–Crippen MR) is 85.5 cm³/mol. The fourth-order valence-corrected chi connectivity index (χ4v) is 2.05. The van der Waals surface area contributed by atoms with Crippen LogP contribution in [0, 0.1) is 6.92 Å². The van der Waals surface area contributed by atoms with Gasteiger partial charge in [-0.1, -0.05) is 17.3 Å². The van der Waals surface area contributed by atoms with Crippen molar-refractivity contribution in [2.45, 2.75) is 13.5 Å². The molecule has 0 aliphatic carbocycles. The number of hydrogen-bond acceptors (Lipinski definition) is 5. The minimum atomic E-state index is -0.328. The van der Waals surface area contributed by atoms with Gasteiger partial charge < -0.3 is 19.6 Å². The second-order valence-electron chi connectivity index (χ2n) is 5.14.